The van der Waals surface area contributed by atoms with E-state index in [-0.39, 0.29) is 0 Å². The van der Waals surface area contributed by atoms with Crippen molar-refractivity contribution in [3.63, 3.8) is 0 Å². The van der Waals surface area contributed by atoms with E-state index in [9.17, 15) is 22.3 Å². The summed E-state index contributed by atoms with van der Waals surface area (Å²) in [4.78, 5) is 0. The SMILES string of the molecule is O=S(=O)(Cc1c(F)cccc1F)CC1(O)CCCCC1. The van der Waals surface area contributed by atoms with Crippen LogP contribution in [0, 0.1) is 11.6 Å². The fourth-order valence-corrected chi connectivity index (χ4v) is 4.63. The van der Waals surface area contributed by atoms with Crippen LogP contribution in [0.25, 0.3) is 0 Å². The molecule has 0 aromatic heterocycles. The van der Waals surface area contributed by atoms with Gasteiger partial charge in [0.25, 0.3) is 0 Å². The maximum atomic E-state index is 13.5. The van der Waals surface area contributed by atoms with Crippen molar-refractivity contribution < 1.29 is 22.3 Å². The van der Waals surface area contributed by atoms with E-state index >= 15 is 0 Å². The molecule has 3 nitrogen and oxygen atoms in total. The molecule has 0 saturated heterocycles. The minimum atomic E-state index is -3.77. The van der Waals surface area contributed by atoms with Gasteiger partial charge in [0, 0.05) is 5.56 Å². The summed E-state index contributed by atoms with van der Waals surface area (Å²) in [7, 11) is -3.77. The Morgan fingerprint density at radius 3 is 2.20 bits per heavy atom. The van der Waals surface area contributed by atoms with E-state index in [0.29, 0.717) is 12.8 Å². The Morgan fingerprint density at radius 1 is 1.10 bits per heavy atom. The summed E-state index contributed by atoms with van der Waals surface area (Å²) in [5, 5.41) is 10.3. The Kier molecular flexibility index (Phi) is 4.44. The molecule has 1 aromatic carbocycles. The van der Waals surface area contributed by atoms with E-state index < -0.39 is 44.1 Å². The molecule has 1 saturated carbocycles. The van der Waals surface area contributed by atoms with Gasteiger partial charge < -0.3 is 5.11 Å². The van der Waals surface area contributed by atoms with Crippen molar-refractivity contribution in [1.29, 1.82) is 0 Å². The van der Waals surface area contributed by atoms with Crippen molar-refractivity contribution in [2.75, 3.05) is 5.75 Å². The maximum Gasteiger partial charge on any atom is 0.157 e. The van der Waals surface area contributed by atoms with E-state index in [1.54, 1.807) is 0 Å². The second-order valence-electron chi connectivity index (χ2n) is 5.52. The maximum absolute atomic E-state index is 13.5. The first-order valence-corrected chi connectivity index (χ1v) is 8.49. The lowest BCUT2D eigenvalue weighted by molar-refractivity contribution is 0.0257. The zero-order valence-corrected chi connectivity index (χ0v) is 11.9. The summed E-state index contributed by atoms with van der Waals surface area (Å²) in [5.41, 5.74) is -1.70. The average molecular weight is 304 g/mol. The summed E-state index contributed by atoms with van der Waals surface area (Å²) < 4.78 is 51.1. The molecule has 20 heavy (non-hydrogen) atoms. The molecule has 0 heterocycles. The second kappa shape index (κ2) is 5.77. The van der Waals surface area contributed by atoms with Crippen molar-refractivity contribution in [3.05, 3.63) is 35.4 Å². The van der Waals surface area contributed by atoms with E-state index in [2.05, 4.69) is 0 Å². The lowest BCUT2D eigenvalue weighted by Crippen LogP contribution is -2.39. The molecule has 1 aliphatic rings. The third kappa shape index (κ3) is 3.76. The predicted octanol–water partition coefficient (Wildman–Crippen LogP) is 2.57. The first-order valence-electron chi connectivity index (χ1n) is 6.67. The van der Waals surface area contributed by atoms with Gasteiger partial charge >= 0.3 is 0 Å². The number of aliphatic hydroxyl groups is 1. The third-order valence-corrected chi connectivity index (χ3v) is 5.40. The largest absolute Gasteiger partial charge is 0.389 e. The molecule has 1 N–H and O–H groups in total. The number of benzene rings is 1. The van der Waals surface area contributed by atoms with Crippen LogP contribution >= 0.6 is 0 Å². The molecule has 1 aliphatic carbocycles. The molecule has 0 atom stereocenters. The topological polar surface area (TPSA) is 54.4 Å². The quantitative estimate of drug-likeness (QED) is 0.930. The van der Waals surface area contributed by atoms with Crippen molar-refractivity contribution in [3.8, 4) is 0 Å². The minimum Gasteiger partial charge on any atom is -0.389 e. The molecular formula is C14H18F2O3S. The molecule has 0 bridgehead atoms. The van der Waals surface area contributed by atoms with Gasteiger partial charge in [0.1, 0.15) is 11.6 Å². The van der Waals surface area contributed by atoms with Crippen LogP contribution in [0.2, 0.25) is 0 Å². The smallest absolute Gasteiger partial charge is 0.157 e. The van der Waals surface area contributed by atoms with Crippen LogP contribution in [0.15, 0.2) is 18.2 Å². The van der Waals surface area contributed by atoms with Crippen LogP contribution < -0.4 is 0 Å². The summed E-state index contributed by atoms with van der Waals surface area (Å²) >= 11 is 0. The van der Waals surface area contributed by atoms with Gasteiger partial charge in [-0.2, -0.15) is 0 Å². The molecule has 0 aliphatic heterocycles. The molecule has 0 spiro atoms. The normalized spacial score (nSPS) is 18.9. The Bertz CT molecular complexity index is 558. The fourth-order valence-electron chi connectivity index (χ4n) is 2.70. The zero-order valence-electron chi connectivity index (χ0n) is 11.1. The Morgan fingerprint density at radius 2 is 1.65 bits per heavy atom. The van der Waals surface area contributed by atoms with E-state index in [4.69, 9.17) is 0 Å². The van der Waals surface area contributed by atoms with Crippen molar-refractivity contribution in [2.24, 2.45) is 0 Å². The molecular weight excluding hydrogens is 286 g/mol. The first-order chi connectivity index (χ1) is 9.31. The summed E-state index contributed by atoms with van der Waals surface area (Å²) in [5.74, 6) is -2.89. The van der Waals surface area contributed by atoms with Crippen LogP contribution in [0.1, 0.15) is 37.7 Å². The molecule has 6 heteroatoms. The lowest BCUT2D eigenvalue weighted by atomic mass is 9.86. The van der Waals surface area contributed by atoms with E-state index in [0.717, 1.165) is 31.4 Å². The highest BCUT2D eigenvalue weighted by atomic mass is 32.2. The lowest BCUT2D eigenvalue weighted by Gasteiger charge is -2.31. The fraction of sp³-hybridized carbons (Fsp3) is 0.571. The number of sulfone groups is 1. The summed E-state index contributed by atoms with van der Waals surface area (Å²) in [6.07, 6.45) is 3.38. The Labute approximate surface area is 117 Å². The average Bonchev–Trinajstić information content (AvgIpc) is 2.33. The minimum absolute atomic E-state index is 0.423. The highest BCUT2D eigenvalue weighted by molar-refractivity contribution is 7.90. The van der Waals surface area contributed by atoms with E-state index in [1.165, 1.54) is 6.07 Å². The van der Waals surface area contributed by atoms with Crippen LogP contribution in [-0.2, 0) is 15.6 Å². The molecule has 0 unspecified atom stereocenters. The first kappa shape index (κ1) is 15.4. The highest BCUT2D eigenvalue weighted by Crippen LogP contribution is 2.30. The Balaban J connectivity index is 2.15. The molecule has 2 rings (SSSR count). The van der Waals surface area contributed by atoms with Crippen molar-refractivity contribution >= 4 is 9.84 Å². The van der Waals surface area contributed by atoms with Crippen LogP contribution in [-0.4, -0.2) is 24.9 Å². The Hall–Kier alpha value is -1.01. The molecule has 0 radical (unpaired) electrons. The number of hydrogen-bond acceptors (Lipinski definition) is 3. The predicted molar refractivity (Wildman–Crippen MR) is 71.9 cm³/mol. The van der Waals surface area contributed by atoms with Gasteiger partial charge in [-0.15, -0.1) is 0 Å². The van der Waals surface area contributed by atoms with Crippen LogP contribution in [0.5, 0.6) is 0 Å². The van der Waals surface area contributed by atoms with Gasteiger partial charge in [0.05, 0.1) is 17.1 Å². The third-order valence-electron chi connectivity index (χ3n) is 3.70. The van der Waals surface area contributed by atoms with E-state index in [1.807, 2.05) is 0 Å². The molecule has 0 amide bonds. The number of halogens is 2. The van der Waals surface area contributed by atoms with Gasteiger partial charge in [-0.05, 0) is 25.0 Å². The van der Waals surface area contributed by atoms with Gasteiger partial charge in [-0.3, -0.25) is 0 Å². The van der Waals surface area contributed by atoms with Gasteiger partial charge in [-0.1, -0.05) is 25.3 Å². The second-order valence-corrected chi connectivity index (χ2v) is 7.58. The van der Waals surface area contributed by atoms with Gasteiger partial charge in [0.2, 0.25) is 0 Å². The number of rotatable bonds is 4. The van der Waals surface area contributed by atoms with Crippen molar-refractivity contribution in [1.82, 2.24) is 0 Å². The van der Waals surface area contributed by atoms with Crippen LogP contribution in [0.4, 0.5) is 8.78 Å². The summed E-state index contributed by atoms with van der Waals surface area (Å²) in [6, 6.07) is 3.25. The molecule has 112 valence electrons. The highest BCUT2D eigenvalue weighted by Gasteiger charge is 2.35. The summed E-state index contributed by atoms with van der Waals surface area (Å²) in [6.45, 7) is 0. The van der Waals surface area contributed by atoms with Gasteiger partial charge in [-0.25, -0.2) is 17.2 Å². The van der Waals surface area contributed by atoms with Crippen molar-refractivity contribution in [2.45, 2.75) is 43.5 Å². The zero-order chi connectivity index (χ0) is 14.8. The van der Waals surface area contributed by atoms with Crippen LogP contribution in [0.3, 0.4) is 0 Å². The molecule has 1 fully saturated rings. The molecule has 1 aromatic rings. The number of hydrogen-bond donors (Lipinski definition) is 1. The standard InChI is InChI=1S/C14H18F2O3S/c15-12-5-4-6-13(16)11(12)9-20(18,19)10-14(17)7-2-1-3-8-14/h4-6,17H,1-3,7-10H2. The monoisotopic (exact) mass is 304 g/mol. The van der Waals surface area contributed by atoms with Gasteiger partial charge in [0.15, 0.2) is 9.84 Å².